The number of rotatable bonds is 3. The Hall–Kier alpha value is -1.05. The Bertz CT molecular complexity index is 521. The number of hydrogen-bond donors (Lipinski definition) is 1. The van der Waals surface area contributed by atoms with Crippen LogP contribution in [0.25, 0.3) is 0 Å². The fraction of sp³-hybridized carbons (Fsp3) is 0.545. The molecule has 1 aliphatic heterocycles. The molecule has 1 aliphatic rings. The van der Waals surface area contributed by atoms with E-state index in [-0.39, 0.29) is 10.8 Å². The molecule has 100 valence electrons. The van der Waals surface area contributed by atoms with Gasteiger partial charge in [-0.15, -0.1) is 0 Å². The van der Waals surface area contributed by atoms with Crippen molar-refractivity contribution in [2.75, 3.05) is 19.6 Å². The second kappa shape index (κ2) is 5.29. The fourth-order valence-electron chi connectivity index (χ4n) is 2.12. The summed E-state index contributed by atoms with van der Waals surface area (Å²) in [5.74, 6) is -0.474. The van der Waals surface area contributed by atoms with E-state index in [0.717, 1.165) is 25.1 Å². The number of nitrogens with zero attached hydrogens (tertiary/aromatic N) is 2. The maximum absolute atomic E-state index is 13.0. The van der Waals surface area contributed by atoms with Crippen LogP contribution in [0.4, 0.5) is 4.39 Å². The van der Waals surface area contributed by atoms with Crippen LogP contribution >= 0.6 is 0 Å². The molecular weight excluding hydrogens is 257 g/mol. The Kier molecular flexibility index (Phi) is 3.94. The second-order valence-corrected chi connectivity index (χ2v) is 6.38. The summed E-state index contributed by atoms with van der Waals surface area (Å²) in [6, 6.07) is 0.994. The second-order valence-electron chi connectivity index (χ2n) is 4.45. The van der Waals surface area contributed by atoms with Crippen molar-refractivity contribution in [2.45, 2.75) is 17.7 Å². The van der Waals surface area contributed by atoms with Crippen LogP contribution in [0.15, 0.2) is 23.4 Å². The number of pyridine rings is 1. The van der Waals surface area contributed by atoms with Crippen LogP contribution in [0, 0.1) is 11.7 Å². The molecular formula is C11H16FN3O2S. The van der Waals surface area contributed by atoms with Crippen molar-refractivity contribution in [3.05, 3.63) is 24.3 Å². The van der Waals surface area contributed by atoms with Crippen molar-refractivity contribution in [2.24, 2.45) is 11.7 Å². The molecule has 0 aliphatic carbocycles. The zero-order valence-corrected chi connectivity index (χ0v) is 10.7. The van der Waals surface area contributed by atoms with Gasteiger partial charge in [-0.05, 0) is 31.4 Å². The van der Waals surface area contributed by atoms with Gasteiger partial charge in [-0.1, -0.05) is 0 Å². The fourth-order valence-corrected chi connectivity index (χ4v) is 3.65. The molecule has 1 aromatic rings. The summed E-state index contributed by atoms with van der Waals surface area (Å²) in [4.78, 5) is 3.48. The lowest BCUT2D eigenvalue weighted by atomic mass is 10.0. The van der Waals surface area contributed by atoms with Crippen LogP contribution in [-0.4, -0.2) is 37.3 Å². The Morgan fingerprint density at radius 3 is 2.94 bits per heavy atom. The molecule has 0 unspecified atom stereocenters. The Labute approximate surface area is 106 Å². The van der Waals surface area contributed by atoms with Crippen molar-refractivity contribution >= 4 is 10.0 Å². The molecule has 2 N–H and O–H groups in total. The lowest BCUT2D eigenvalue weighted by Crippen LogP contribution is -2.42. The third-order valence-corrected chi connectivity index (χ3v) is 4.96. The van der Waals surface area contributed by atoms with Gasteiger partial charge in [-0.25, -0.2) is 12.8 Å². The molecule has 0 amide bonds. The van der Waals surface area contributed by atoms with Crippen LogP contribution in [0.3, 0.4) is 0 Å². The van der Waals surface area contributed by atoms with Crippen LogP contribution in [-0.2, 0) is 10.0 Å². The van der Waals surface area contributed by atoms with E-state index in [1.54, 1.807) is 0 Å². The number of sulfonamides is 1. The van der Waals surface area contributed by atoms with E-state index in [2.05, 4.69) is 4.98 Å². The summed E-state index contributed by atoms with van der Waals surface area (Å²) in [6.45, 7) is 1.32. The molecule has 0 spiro atoms. The zero-order chi connectivity index (χ0) is 13.2. The smallest absolute Gasteiger partial charge is 0.244 e. The molecule has 5 nitrogen and oxygen atoms in total. The quantitative estimate of drug-likeness (QED) is 0.874. The Morgan fingerprint density at radius 1 is 1.50 bits per heavy atom. The van der Waals surface area contributed by atoms with E-state index < -0.39 is 15.8 Å². The normalized spacial score (nSPS) is 22.0. The largest absolute Gasteiger partial charge is 0.330 e. The van der Waals surface area contributed by atoms with E-state index in [1.807, 2.05) is 0 Å². The van der Waals surface area contributed by atoms with Gasteiger partial charge >= 0.3 is 0 Å². The highest BCUT2D eigenvalue weighted by atomic mass is 32.2. The number of aromatic nitrogens is 1. The van der Waals surface area contributed by atoms with Crippen molar-refractivity contribution in [1.29, 1.82) is 0 Å². The maximum atomic E-state index is 13.0. The number of nitrogens with two attached hydrogens (primary N) is 1. The Morgan fingerprint density at radius 2 is 2.28 bits per heavy atom. The van der Waals surface area contributed by atoms with Gasteiger partial charge in [0.15, 0.2) is 0 Å². The third kappa shape index (κ3) is 2.68. The Balaban J connectivity index is 2.25. The molecule has 1 atom stereocenters. The summed E-state index contributed by atoms with van der Waals surface area (Å²) >= 11 is 0. The SMILES string of the molecule is NC[C@H]1CCCN(S(=O)(=O)c2cncc(F)c2)C1. The first kappa shape index (κ1) is 13.4. The molecule has 2 heterocycles. The van der Waals surface area contributed by atoms with E-state index in [0.29, 0.717) is 19.6 Å². The van der Waals surface area contributed by atoms with Gasteiger partial charge < -0.3 is 5.73 Å². The summed E-state index contributed by atoms with van der Waals surface area (Å²) in [5.41, 5.74) is 5.58. The predicted molar refractivity (Wildman–Crippen MR) is 64.7 cm³/mol. The topological polar surface area (TPSA) is 76.3 Å². The van der Waals surface area contributed by atoms with Crippen molar-refractivity contribution in [3.63, 3.8) is 0 Å². The number of piperidine rings is 1. The van der Waals surface area contributed by atoms with E-state index in [9.17, 15) is 12.8 Å². The first-order valence-corrected chi connectivity index (χ1v) is 7.29. The van der Waals surface area contributed by atoms with Gasteiger partial charge in [0.25, 0.3) is 0 Å². The first-order valence-electron chi connectivity index (χ1n) is 5.85. The third-order valence-electron chi connectivity index (χ3n) is 3.13. The molecule has 18 heavy (non-hydrogen) atoms. The summed E-state index contributed by atoms with van der Waals surface area (Å²) in [6.07, 6.45) is 3.87. The first-order chi connectivity index (χ1) is 8.54. The van der Waals surface area contributed by atoms with Gasteiger partial charge in [-0.3, -0.25) is 4.98 Å². The molecule has 0 bridgehead atoms. The van der Waals surface area contributed by atoms with Crippen molar-refractivity contribution < 1.29 is 12.8 Å². The summed E-state index contributed by atoms with van der Waals surface area (Å²) < 4.78 is 39.0. The zero-order valence-electron chi connectivity index (χ0n) is 9.92. The van der Waals surface area contributed by atoms with Gasteiger partial charge in [0.1, 0.15) is 10.7 Å². The van der Waals surface area contributed by atoms with Crippen molar-refractivity contribution in [3.8, 4) is 0 Å². The molecule has 0 aromatic carbocycles. The van der Waals surface area contributed by atoms with E-state index in [4.69, 9.17) is 5.73 Å². The molecule has 0 radical (unpaired) electrons. The van der Waals surface area contributed by atoms with Gasteiger partial charge in [0.05, 0.1) is 6.20 Å². The van der Waals surface area contributed by atoms with E-state index >= 15 is 0 Å². The standard InChI is InChI=1S/C11H16FN3O2S/c12-10-4-11(7-14-6-10)18(16,17)15-3-1-2-9(5-13)8-15/h4,6-7,9H,1-3,5,8,13H2/t9-/m1/s1. The number of hydrogen-bond acceptors (Lipinski definition) is 4. The van der Waals surface area contributed by atoms with Crippen LogP contribution in [0.5, 0.6) is 0 Å². The average Bonchev–Trinajstić information content (AvgIpc) is 2.39. The lowest BCUT2D eigenvalue weighted by Gasteiger charge is -2.31. The summed E-state index contributed by atoms with van der Waals surface area (Å²) in [7, 11) is -3.65. The molecule has 1 saturated heterocycles. The van der Waals surface area contributed by atoms with Crippen LogP contribution in [0.2, 0.25) is 0 Å². The minimum Gasteiger partial charge on any atom is -0.330 e. The molecule has 1 aromatic heterocycles. The monoisotopic (exact) mass is 273 g/mol. The average molecular weight is 273 g/mol. The van der Waals surface area contributed by atoms with Crippen LogP contribution in [0.1, 0.15) is 12.8 Å². The predicted octanol–water partition coefficient (Wildman–Crippen LogP) is 0.580. The maximum Gasteiger partial charge on any atom is 0.244 e. The molecule has 7 heteroatoms. The molecule has 1 fully saturated rings. The van der Waals surface area contributed by atoms with Crippen molar-refractivity contribution in [1.82, 2.24) is 9.29 Å². The minimum absolute atomic E-state index is 0.0971. The van der Waals surface area contributed by atoms with Gasteiger partial charge in [-0.2, -0.15) is 4.31 Å². The highest BCUT2D eigenvalue weighted by molar-refractivity contribution is 7.89. The van der Waals surface area contributed by atoms with Gasteiger partial charge in [0, 0.05) is 19.3 Å². The number of halogens is 1. The highest BCUT2D eigenvalue weighted by Crippen LogP contribution is 2.23. The minimum atomic E-state index is -3.65. The van der Waals surface area contributed by atoms with E-state index in [1.165, 1.54) is 10.5 Å². The molecule has 2 rings (SSSR count). The highest BCUT2D eigenvalue weighted by Gasteiger charge is 2.30. The molecule has 0 saturated carbocycles. The van der Waals surface area contributed by atoms with Crippen LogP contribution < -0.4 is 5.73 Å². The summed E-state index contributed by atoms with van der Waals surface area (Å²) in [5, 5.41) is 0. The lowest BCUT2D eigenvalue weighted by molar-refractivity contribution is 0.271. The van der Waals surface area contributed by atoms with Gasteiger partial charge in [0.2, 0.25) is 10.0 Å².